The molecule has 128 valence electrons. The van der Waals surface area contributed by atoms with Crippen molar-refractivity contribution in [3.05, 3.63) is 20.8 Å². The Labute approximate surface area is 150 Å². The number of thioether (sulfide) groups is 1. The van der Waals surface area contributed by atoms with Gasteiger partial charge in [-0.25, -0.2) is 4.98 Å². The fourth-order valence-electron chi connectivity index (χ4n) is 3.08. The summed E-state index contributed by atoms with van der Waals surface area (Å²) in [7, 11) is 0. The van der Waals surface area contributed by atoms with Gasteiger partial charge in [0.2, 0.25) is 0 Å². The predicted octanol–water partition coefficient (Wildman–Crippen LogP) is 4.39. The average Bonchev–Trinajstić information content (AvgIpc) is 2.92. The van der Waals surface area contributed by atoms with Crippen molar-refractivity contribution in [1.29, 1.82) is 5.26 Å². The first-order valence-corrected chi connectivity index (χ1v) is 10.3. The van der Waals surface area contributed by atoms with Crippen LogP contribution in [0.15, 0.2) is 9.95 Å². The maximum atomic E-state index is 13.2. The Morgan fingerprint density at radius 2 is 2.08 bits per heavy atom. The second-order valence-electron chi connectivity index (χ2n) is 6.81. The lowest BCUT2D eigenvalue weighted by molar-refractivity contribution is 0.481. The van der Waals surface area contributed by atoms with E-state index in [9.17, 15) is 4.79 Å². The highest BCUT2D eigenvalue weighted by atomic mass is 32.2. The summed E-state index contributed by atoms with van der Waals surface area (Å²) in [6, 6.07) is 2.23. The van der Waals surface area contributed by atoms with Gasteiger partial charge in [0.15, 0.2) is 5.16 Å². The van der Waals surface area contributed by atoms with Crippen LogP contribution in [0, 0.1) is 17.2 Å². The molecule has 1 aliphatic rings. The minimum absolute atomic E-state index is 0.0905. The largest absolute Gasteiger partial charge is 0.287 e. The van der Waals surface area contributed by atoms with Crippen LogP contribution in [0.25, 0.3) is 10.2 Å². The van der Waals surface area contributed by atoms with Crippen LogP contribution in [0.1, 0.15) is 50.5 Å². The van der Waals surface area contributed by atoms with Crippen LogP contribution >= 0.6 is 23.1 Å². The number of hydrogen-bond donors (Lipinski definition) is 0. The first-order valence-electron chi connectivity index (χ1n) is 8.62. The zero-order valence-electron chi connectivity index (χ0n) is 14.5. The summed E-state index contributed by atoms with van der Waals surface area (Å²) in [5, 5.41) is 10.5. The van der Waals surface area contributed by atoms with Crippen LogP contribution in [-0.4, -0.2) is 14.8 Å². The highest BCUT2D eigenvalue weighted by Gasteiger charge is 2.22. The van der Waals surface area contributed by atoms with Crippen LogP contribution in [0.2, 0.25) is 0 Å². The third-order valence-corrected chi connectivity index (χ3v) is 6.60. The van der Waals surface area contributed by atoms with Crippen molar-refractivity contribution < 1.29 is 0 Å². The van der Waals surface area contributed by atoms with Gasteiger partial charge in [-0.1, -0.05) is 25.6 Å². The van der Waals surface area contributed by atoms with Gasteiger partial charge in [-0.2, -0.15) is 5.26 Å². The first-order chi connectivity index (χ1) is 11.5. The Morgan fingerprint density at radius 1 is 1.33 bits per heavy atom. The summed E-state index contributed by atoms with van der Waals surface area (Å²) in [6.45, 7) is 6.85. The van der Waals surface area contributed by atoms with Gasteiger partial charge in [0.05, 0.1) is 16.7 Å². The molecule has 0 spiro atoms. The number of aryl methyl sites for hydroxylation is 2. The maximum absolute atomic E-state index is 13.2. The molecule has 0 amide bonds. The van der Waals surface area contributed by atoms with Crippen LogP contribution in [-0.2, 0) is 19.4 Å². The van der Waals surface area contributed by atoms with Crippen LogP contribution in [0.4, 0.5) is 0 Å². The van der Waals surface area contributed by atoms with Crippen molar-refractivity contribution >= 4 is 33.3 Å². The van der Waals surface area contributed by atoms with Crippen molar-refractivity contribution in [1.82, 2.24) is 9.55 Å². The number of aromatic nitrogens is 2. The third kappa shape index (κ3) is 3.38. The number of hydrogen-bond acceptors (Lipinski definition) is 5. The van der Waals surface area contributed by atoms with E-state index in [1.807, 2.05) is 11.5 Å². The molecule has 4 nitrogen and oxygen atoms in total. The van der Waals surface area contributed by atoms with Crippen LogP contribution in [0.5, 0.6) is 0 Å². The summed E-state index contributed by atoms with van der Waals surface area (Å²) in [4.78, 5) is 20.2. The van der Waals surface area contributed by atoms with E-state index in [2.05, 4.69) is 19.9 Å². The molecular weight excluding hydrogens is 338 g/mol. The zero-order valence-corrected chi connectivity index (χ0v) is 16.1. The number of thiophene rings is 1. The molecule has 3 rings (SSSR count). The zero-order chi connectivity index (χ0) is 17.3. The average molecular weight is 362 g/mol. The molecule has 2 heterocycles. The smallest absolute Gasteiger partial charge is 0.263 e. The molecule has 6 heteroatoms. The molecule has 2 aromatic rings. The van der Waals surface area contributed by atoms with Crippen molar-refractivity contribution in [3.63, 3.8) is 0 Å². The van der Waals surface area contributed by atoms with Gasteiger partial charge in [-0.3, -0.25) is 9.36 Å². The quantitative estimate of drug-likeness (QED) is 0.585. The van der Waals surface area contributed by atoms with Crippen LogP contribution < -0.4 is 5.56 Å². The normalized spacial score (nSPS) is 15.5. The Bertz CT molecular complexity index is 845. The maximum Gasteiger partial charge on any atom is 0.263 e. The van der Waals surface area contributed by atoms with E-state index < -0.39 is 0 Å². The summed E-state index contributed by atoms with van der Waals surface area (Å²) < 4.78 is 1.81. The molecule has 0 saturated carbocycles. The minimum Gasteiger partial charge on any atom is -0.287 e. The van der Waals surface area contributed by atoms with Gasteiger partial charge in [0.25, 0.3) is 5.56 Å². The Morgan fingerprint density at radius 3 is 2.79 bits per heavy atom. The molecule has 0 bridgehead atoms. The lowest BCUT2D eigenvalue weighted by atomic mass is 9.97. The van der Waals surface area contributed by atoms with Gasteiger partial charge in [-0.15, -0.1) is 11.3 Å². The van der Waals surface area contributed by atoms with E-state index in [0.717, 1.165) is 35.9 Å². The van der Waals surface area contributed by atoms with Gasteiger partial charge in [0.1, 0.15) is 4.83 Å². The second kappa shape index (κ2) is 7.28. The molecule has 24 heavy (non-hydrogen) atoms. The van der Waals surface area contributed by atoms with Gasteiger partial charge in [-0.05, 0) is 50.5 Å². The topological polar surface area (TPSA) is 58.7 Å². The van der Waals surface area contributed by atoms with Crippen molar-refractivity contribution in [3.8, 4) is 6.07 Å². The van der Waals surface area contributed by atoms with E-state index in [-0.39, 0.29) is 10.8 Å². The lowest BCUT2D eigenvalue weighted by Gasteiger charge is -2.15. The molecule has 1 atom stereocenters. The van der Waals surface area contributed by atoms with Crippen molar-refractivity contribution in [2.75, 3.05) is 0 Å². The van der Waals surface area contributed by atoms with Gasteiger partial charge >= 0.3 is 0 Å². The fourth-order valence-corrected chi connectivity index (χ4v) is 5.20. The number of rotatable bonds is 5. The molecule has 1 aliphatic carbocycles. The highest BCUT2D eigenvalue weighted by molar-refractivity contribution is 8.00. The predicted molar refractivity (Wildman–Crippen MR) is 101 cm³/mol. The monoisotopic (exact) mass is 361 g/mol. The third-order valence-electron chi connectivity index (χ3n) is 4.43. The van der Waals surface area contributed by atoms with Gasteiger partial charge in [0, 0.05) is 11.4 Å². The fraction of sp³-hybridized carbons (Fsp3) is 0.611. The van der Waals surface area contributed by atoms with Crippen molar-refractivity contribution in [2.45, 2.75) is 69.8 Å². The standard InChI is InChI=1S/C18H23N3OS2/c1-11(2)8-9-21-17(22)15-13-6-4-5-7-14(13)24-16(15)20-18(21)23-12(3)10-19/h11-12H,4-9H2,1-3H3. The Kier molecular flexibility index (Phi) is 5.31. The first kappa shape index (κ1) is 17.5. The molecule has 0 aromatic carbocycles. The molecule has 0 N–H and O–H groups in total. The molecular formula is C18H23N3OS2. The van der Waals surface area contributed by atoms with E-state index in [4.69, 9.17) is 10.2 Å². The molecule has 1 unspecified atom stereocenters. The number of nitriles is 1. The van der Waals surface area contributed by atoms with E-state index >= 15 is 0 Å². The molecule has 2 aromatic heterocycles. The highest BCUT2D eigenvalue weighted by Crippen LogP contribution is 2.35. The van der Waals surface area contributed by atoms with E-state index in [0.29, 0.717) is 17.6 Å². The molecule has 0 radical (unpaired) electrons. The summed E-state index contributed by atoms with van der Waals surface area (Å²) in [6.07, 6.45) is 5.37. The summed E-state index contributed by atoms with van der Waals surface area (Å²) in [5.74, 6) is 0.523. The Balaban J connectivity index is 2.15. The number of nitrogens with zero attached hydrogens (tertiary/aromatic N) is 3. The molecule has 0 saturated heterocycles. The van der Waals surface area contributed by atoms with Crippen molar-refractivity contribution in [2.24, 2.45) is 5.92 Å². The SMILES string of the molecule is CC(C)CCn1c(SC(C)C#N)nc2sc3c(c2c1=O)CCCC3. The molecule has 0 aliphatic heterocycles. The van der Waals surface area contributed by atoms with E-state index in [1.54, 1.807) is 11.3 Å². The second-order valence-corrected chi connectivity index (χ2v) is 9.21. The number of fused-ring (bicyclic) bond motifs is 3. The Hall–Kier alpha value is -1.32. The lowest BCUT2D eigenvalue weighted by Crippen LogP contribution is -2.25. The summed E-state index contributed by atoms with van der Waals surface area (Å²) >= 11 is 3.07. The van der Waals surface area contributed by atoms with E-state index in [1.165, 1.54) is 28.6 Å². The van der Waals surface area contributed by atoms with Gasteiger partial charge < -0.3 is 0 Å². The minimum atomic E-state index is -0.214. The van der Waals surface area contributed by atoms with Crippen LogP contribution in [0.3, 0.4) is 0 Å². The summed E-state index contributed by atoms with van der Waals surface area (Å²) in [5.41, 5.74) is 1.33. The molecule has 0 fully saturated rings.